The number of benzene rings is 2. The van der Waals surface area contributed by atoms with Crippen LogP contribution in [0.4, 0.5) is 5.95 Å². The van der Waals surface area contributed by atoms with E-state index in [1.807, 2.05) is 60.7 Å². The molecule has 1 aromatic heterocycles. The molecule has 0 fully saturated rings. The number of nitrogens with two attached hydrogens (primary N) is 2. The third-order valence-corrected chi connectivity index (χ3v) is 2.83. The maximum Gasteiger partial charge on any atom is 0.261 e. The summed E-state index contributed by atoms with van der Waals surface area (Å²) in [6.45, 7) is 0. The smallest absolute Gasteiger partial charge is 0.261 e. The van der Waals surface area contributed by atoms with E-state index in [-0.39, 0.29) is 5.95 Å². The highest BCUT2D eigenvalue weighted by Crippen LogP contribution is 2.16. The minimum atomic E-state index is 0.161. The molecule has 0 radical (unpaired) electrons. The van der Waals surface area contributed by atoms with Gasteiger partial charge in [0, 0.05) is 11.1 Å². The van der Waals surface area contributed by atoms with Crippen molar-refractivity contribution in [1.29, 1.82) is 5.26 Å². The molecule has 3 aromatic rings. The lowest BCUT2D eigenvalue weighted by molar-refractivity contribution is 0.405. The lowest BCUT2D eigenvalue weighted by atomic mass is 10.2. The second-order valence-corrected chi connectivity index (χ2v) is 4.41. The number of rotatable bonds is 2. The summed E-state index contributed by atoms with van der Waals surface area (Å²) in [5, 5.41) is 11.8. The molecule has 26 heavy (non-hydrogen) atoms. The molecular weight excluding hydrogens is 332 g/mol. The van der Waals surface area contributed by atoms with Gasteiger partial charge >= 0.3 is 0 Å². The van der Waals surface area contributed by atoms with Crippen molar-refractivity contribution in [3.8, 4) is 17.6 Å². The predicted molar refractivity (Wildman–Crippen MR) is 99.9 cm³/mol. The number of anilines is 1. The molecule has 0 aliphatic heterocycles. The van der Waals surface area contributed by atoms with E-state index in [0.717, 1.165) is 11.1 Å². The fourth-order valence-electron chi connectivity index (χ4n) is 1.79. The molecule has 0 bridgehead atoms. The number of nitriles is 1. The minimum absolute atomic E-state index is 0.161. The Morgan fingerprint density at radius 2 is 1.65 bits per heavy atom. The Kier molecular flexibility index (Phi) is 9.22. The van der Waals surface area contributed by atoms with Crippen LogP contribution in [0.15, 0.2) is 70.2 Å². The van der Waals surface area contributed by atoms with Crippen LogP contribution in [0, 0.1) is 11.5 Å². The Labute approximate surface area is 151 Å². The number of aromatic nitrogens is 2. The summed E-state index contributed by atoms with van der Waals surface area (Å²) in [6.07, 6.45) is 1.68. The van der Waals surface area contributed by atoms with Gasteiger partial charge in [-0.2, -0.15) is 10.2 Å². The summed E-state index contributed by atoms with van der Waals surface area (Å²) in [4.78, 5) is 7.39. The van der Waals surface area contributed by atoms with E-state index in [2.05, 4.69) is 20.9 Å². The predicted octanol–water partition coefficient (Wildman–Crippen LogP) is 2.45. The maximum absolute atomic E-state index is 8.31. The first-order valence-electron chi connectivity index (χ1n) is 7.53. The van der Waals surface area contributed by atoms with E-state index >= 15 is 0 Å². The van der Waals surface area contributed by atoms with Gasteiger partial charge in [-0.15, -0.1) is 4.99 Å². The van der Waals surface area contributed by atoms with Crippen molar-refractivity contribution in [1.82, 2.24) is 10.1 Å². The van der Waals surface area contributed by atoms with E-state index in [1.165, 1.54) is 14.2 Å². The zero-order valence-electron chi connectivity index (χ0n) is 14.5. The van der Waals surface area contributed by atoms with Crippen LogP contribution in [-0.2, 0) is 4.74 Å². The summed E-state index contributed by atoms with van der Waals surface area (Å²) >= 11 is 0. The van der Waals surface area contributed by atoms with Crippen molar-refractivity contribution in [2.75, 3.05) is 19.9 Å². The van der Waals surface area contributed by atoms with Crippen molar-refractivity contribution < 1.29 is 9.26 Å². The van der Waals surface area contributed by atoms with Gasteiger partial charge in [-0.25, -0.2) is 0 Å². The molecule has 134 valence electrons. The highest BCUT2D eigenvalue weighted by molar-refractivity contribution is 5.94. The Morgan fingerprint density at radius 1 is 1.08 bits per heavy atom. The molecule has 8 heteroatoms. The average Bonchev–Trinajstić information content (AvgIpc) is 3.16. The topological polar surface area (TPSA) is 136 Å². The fourth-order valence-corrected chi connectivity index (χ4v) is 1.79. The summed E-state index contributed by atoms with van der Waals surface area (Å²) in [5.74, 6) is 0.958. The highest BCUT2D eigenvalue weighted by atomic mass is 16.5. The highest BCUT2D eigenvalue weighted by Gasteiger charge is 2.04. The lowest BCUT2D eigenvalue weighted by Crippen LogP contribution is -2.01. The normalized spacial score (nSPS) is 9.69. The first-order valence-corrected chi connectivity index (χ1v) is 7.53. The van der Waals surface area contributed by atoms with Crippen LogP contribution in [0.3, 0.4) is 0 Å². The zero-order valence-corrected chi connectivity index (χ0v) is 14.5. The number of aliphatic imine (C=N–C) groups is 1. The van der Waals surface area contributed by atoms with Gasteiger partial charge in [-0.1, -0.05) is 36.4 Å². The van der Waals surface area contributed by atoms with Gasteiger partial charge in [0.05, 0.1) is 7.11 Å². The molecule has 0 saturated carbocycles. The second kappa shape index (κ2) is 11.8. The number of nitrogens with zero attached hydrogens (tertiary/aromatic N) is 4. The molecule has 0 unspecified atom stereocenters. The molecule has 8 nitrogen and oxygen atoms in total. The molecule has 4 N–H and O–H groups in total. The van der Waals surface area contributed by atoms with Crippen molar-refractivity contribution in [3.05, 3.63) is 66.2 Å². The van der Waals surface area contributed by atoms with E-state index in [0.29, 0.717) is 11.8 Å². The van der Waals surface area contributed by atoms with Crippen LogP contribution in [0.1, 0.15) is 5.56 Å². The van der Waals surface area contributed by atoms with Crippen LogP contribution in [0.5, 0.6) is 0 Å². The van der Waals surface area contributed by atoms with Crippen LogP contribution < -0.4 is 11.5 Å². The first kappa shape index (κ1) is 20.3. The fraction of sp³-hybridized carbons (Fsp3) is 0.111. The summed E-state index contributed by atoms with van der Waals surface area (Å²) in [5.41, 5.74) is 11.5. The van der Waals surface area contributed by atoms with Crippen LogP contribution in [-0.4, -0.2) is 30.2 Å². The molecule has 2 aromatic carbocycles. The lowest BCUT2D eigenvalue weighted by Gasteiger charge is -2.00. The standard InChI is InChI=1S/C9H8N2O.C8H7N3O.CH5N/c1-12-9(11-7-10)8-5-3-2-4-6-8;9-8-10-7(12-11-8)6-4-2-1-3-5-6;1-2/h2-6H,1H3;1-5H,(H2,9,11);2H2,1H3. The van der Waals surface area contributed by atoms with Crippen molar-refractivity contribution >= 4 is 11.8 Å². The summed E-state index contributed by atoms with van der Waals surface area (Å²) in [6, 6.07) is 18.8. The Hall–Kier alpha value is -3.70. The first-order chi connectivity index (χ1) is 12.7. The number of hydrogen-bond acceptors (Lipinski definition) is 8. The molecule has 0 aliphatic rings. The number of hydrogen-bond donors (Lipinski definition) is 2. The van der Waals surface area contributed by atoms with Gasteiger partial charge in [-0.05, 0) is 36.5 Å². The van der Waals surface area contributed by atoms with Crippen LogP contribution in [0.25, 0.3) is 11.5 Å². The average molecular weight is 352 g/mol. The van der Waals surface area contributed by atoms with Crippen molar-refractivity contribution in [2.45, 2.75) is 0 Å². The van der Waals surface area contributed by atoms with E-state index in [4.69, 9.17) is 20.3 Å². The number of ether oxygens (including phenoxy) is 1. The van der Waals surface area contributed by atoms with Gasteiger partial charge in [0.15, 0.2) is 0 Å². The molecule has 0 spiro atoms. The molecule has 1 heterocycles. The largest absolute Gasteiger partial charge is 0.480 e. The van der Waals surface area contributed by atoms with Crippen LogP contribution >= 0.6 is 0 Å². The van der Waals surface area contributed by atoms with E-state index in [1.54, 1.807) is 6.19 Å². The molecule has 3 rings (SSSR count). The van der Waals surface area contributed by atoms with E-state index in [9.17, 15) is 0 Å². The minimum Gasteiger partial charge on any atom is -0.480 e. The number of methoxy groups -OCH3 is 1. The maximum atomic E-state index is 8.31. The SMILES string of the molecule is CN.COC(=NC#N)c1ccccc1.Nc1noc(-c2ccccc2)n1. The van der Waals surface area contributed by atoms with Crippen LogP contribution in [0.2, 0.25) is 0 Å². The van der Waals surface area contributed by atoms with Gasteiger partial charge in [0.2, 0.25) is 12.1 Å². The van der Waals surface area contributed by atoms with Gasteiger partial charge in [0.1, 0.15) is 0 Å². The molecule has 0 atom stereocenters. The Balaban J connectivity index is 0.000000238. The number of nitrogen functional groups attached to an aromatic ring is 1. The quantitative estimate of drug-likeness (QED) is 0.410. The van der Waals surface area contributed by atoms with Crippen molar-refractivity contribution in [3.63, 3.8) is 0 Å². The molecule has 0 aliphatic carbocycles. The third-order valence-electron chi connectivity index (χ3n) is 2.83. The van der Waals surface area contributed by atoms with Crippen molar-refractivity contribution in [2.24, 2.45) is 10.7 Å². The van der Waals surface area contributed by atoms with Gasteiger partial charge in [0.25, 0.3) is 11.8 Å². The summed E-state index contributed by atoms with van der Waals surface area (Å²) in [7, 11) is 2.99. The zero-order chi connectivity index (χ0) is 19.2. The molecular formula is C18H20N6O2. The molecule has 0 amide bonds. The monoisotopic (exact) mass is 352 g/mol. The molecule has 0 saturated heterocycles. The Morgan fingerprint density at radius 3 is 2.12 bits per heavy atom. The van der Waals surface area contributed by atoms with Gasteiger partial charge < -0.3 is 20.7 Å². The second-order valence-electron chi connectivity index (χ2n) is 4.41. The third kappa shape index (κ3) is 6.43. The van der Waals surface area contributed by atoms with E-state index < -0.39 is 0 Å². The Bertz CT molecular complexity index is 826. The van der Waals surface area contributed by atoms with Gasteiger partial charge in [-0.3, -0.25) is 0 Å². The summed E-state index contributed by atoms with van der Waals surface area (Å²) < 4.78 is 9.77.